The van der Waals surface area contributed by atoms with Crippen molar-refractivity contribution in [2.24, 2.45) is 5.10 Å². The Balaban J connectivity index is 1.62. The molecule has 4 rings (SSSR count). The number of amides is 1. The summed E-state index contributed by atoms with van der Waals surface area (Å²) in [6.45, 7) is 1.75. The van der Waals surface area contributed by atoms with E-state index in [0.717, 1.165) is 23.8 Å². The lowest BCUT2D eigenvalue weighted by atomic mass is 9.76. The molecule has 0 saturated carbocycles. The number of carbonyl (C=O) groups excluding carboxylic acids is 1. The van der Waals surface area contributed by atoms with Crippen LogP contribution in [0.1, 0.15) is 29.2 Å². The number of rotatable bonds is 5. The van der Waals surface area contributed by atoms with Gasteiger partial charge in [0.15, 0.2) is 0 Å². The van der Waals surface area contributed by atoms with Gasteiger partial charge in [0.05, 0.1) is 33.8 Å². The second-order valence-corrected chi connectivity index (χ2v) is 9.20. The van der Waals surface area contributed by atoms with Crippen LogP contribution in [0, 0.1) is 0 Å². The van der Waals surface area contributed by atoms with Crippen molar-refractivity contribution in [2.45, 2.75) is 24.7 Å². The summed E-state index contributed by atoms with van der Waals surface area (Å²) in [7, 11) is 0. The van der Waals surface area contributed by atoms with E-state index in [0.29, 0.717) is 11.3 Å². The normalized spacial score (nSPS) is 18.1. The third kappa shape index (κ3) is 5.74. The quantitative estimate of drug-likeness (QED) is 0.355. The van der Waals surface area contributed by atoms with Crippen LogP contribution >= 0.6 is 11.6 Å². The van der Waals surface area contributed by atoms with Crippen LogP contribution in [-0.2, 0) is 22.6 Å². The van der Waals surface area contributed by atoms with Gasteiger partial charge in [-0.1, -0.05) is 54.1 Å². The molecule has 1 heterocycles. The van der Waals surface area contributed by atoms with Crippen LogP contribution in [-0.4, -0.2) is 29.7 Å². The van der Waals surface area contributed by atoms with Crippen molar-refractivity contribution in [1.29, 1.82) is 0 Å². The molecule has 0 bridgehead atoms. The van der Waals surface area contributed by atoms with Gasteiger partial charge in [-0.25, -0.2) is 0 Å². The van der Waals surface area contributed by atoms with Gasteiger partial charge >= 0.3 is 12.4 Å². The maximum atomic E-state index is 13.2. The molecule has 37 heavy (non-hydrogen) atoms. The second-order valence-electron chi connectivity index (χ2n) is 8.79. The molecule has 1 atom stereocenters. The van der Waals surface area contributed by atoms with E-state index in [1.54, 1.807) is 12.1 Å². The van der Waals surface area contributed by atoms with Gasteiger partial charge in [0.2, 0.25) is 5.91 Å². The molecule has 1 aliphatic heterocycles. The maximum Gasteiger partial charge on any atom is 0.417 e. The van der Waals surface area contributed by atoms with Crippen molar-refractivity contribution in [3.05, 3.63) is 100 Å². The highest BCUT2D eigenvalue weighted by atomic mass is 35.5. The minimum absolute atomic E-state index is 0.0245. The van der Waals surface area contributed by atoms with E-state index in [2.05, 4.69) is 10.4 Å². The van der Waals surface area contributed by atoms with E-state index in [4.69, 9.17) is 11.6 Å². The number of benzene rings is 3. The maximum absolute atomic E-state index is 13.2. The fourth-order valence-electron chi connectivity index (χ4n) is 4.26. The van der Waals surface area contributed by atoms with E-state index in [-0.39, 0.29) is 18.8 Å². The average Bonchev–Trinajstić information content (AvgIpc) is 3.15. The lowest BCUT2D eigenvalue weighted by Crippen LogP contribution is -2.38. The van der Waals surface area contributed by atoms with Gasteiger partial charge in [-0.2, -0.15) is 31.4 Å². The van der Waals surface area contributed by atoms with Crippen LogP contribution < -0.4 is 5.32 Å². The summed E-state index contributed by atoms with van der Waals surface area (Å²) in [5.41, 5.74) is -1.15. The zero-order valence-electron chi connectivity index (χ0n) is 19.3. The predicted octanol–water partition coefficient (Wildman–Crippen LogP) is 6.99. The molecule has 0 spiro atoms. The molecule has 1 unspecified atom stereocenters. The van der Waals surface area contributed by atoms with Crippen molar-refractivity contribution < 1.29 is 31.1 Å². The molecule has 1 N–H and O–H groups in total. The number of anilines is 1. The molecule has 0 aromatic heterocycles. The van der Waals surface area contributed by atoms with E-state index in [1.165, 1.54) is 29.3 Å². The molecule has 0 aliphatic carbocycles. The molecule has 11 heteroatoms. The van der Waals surface area contributed by atoms with Crippen molar-refractivity contribution in [3.8, 4) is 0 Å². The molecule has 194 valence electrons. The van der Waals surface area contributed by atoms with Crippen molar-refractivity contribution >= 4 is 28.9 Å². The zero-order valence-corrected chi connectivity index (χ0v) is 20.0. The third-order valence-electron chi connectivity index (χ3n) is 6.02. The number of carbonyl (C=O) groups is 1. The van der Waals surface area contributed by atoms with E-state index < -0.39 is 39.8 Å². The van der Waals surface area contributed by atoms with Gasteiger partial charge in [0.25, 0.3) is 0 Å². The lowest BCUT2D eigenvalue weighted by Gasteiger charge is -2.27. The summed E-state index contributed by atoms with van der Waals surface area (Å²) in [6, 6.07) is 16.7. The Hall–Kier alpha value is -3.53. The molecule has 0 saturated heterocycles. The lowest BCUT2D eigenvalue weighted by molar-refractivity contribution is -0.138. The Morgan fingerprint density at radius 2 is 1.68 bits per heavy atom. The van der Waals surface area contributed by atoms with E-state index in [9.17, 15) is 31.1 Å². The molecular weight excluding hydrogens is 520 g/mol. The molecule has 3 aromatic carbocycles. The standard InChI is InChI=1S/C26H20ClF6N3O/c1-24(17-6-3-2-4-7-17)15-36(14-22(37)34-19-9-5-8-18(13-19)25(28,29)30)35-23(24)16-10-11-20(21(27)12-16)26(31,32)33/h2-13H,14-15H2,1H3,(H,34,37). The number of nitrogens with one attached hydrogen (secondary N) is 1. The van der Waals surface area contributed by atoms with Gasteiger partial charge in [-0.05, 0) is 42.8 Å². The molecule has 4 nitrogen and oxygen atoms in total. The first-order valence-corrected chi connectivity index (χ1v) is 11.4. The molecule has 0 radical (unpaired) electrons. The number of hydrogen-bond acceptors (Lipinski definition) is 3. The third-order valence-corrected chi connectivity index (χ3v) is 6.33. The topological polar surface area (TPSA) is 44.7 Å². The molecule has 1 aliphatic rings. The Morgan fingerprint density at radius 3 is 2.30 bits per heavy atom. The van der Waals surface area contributed by atoms with E-state index in [1.807, 2.05) is 25.1 Å². The second kappa shape index (κ2) is 9.74. The predicted molar refractivity (Wildman–Crippen MR) is 128 cm³/mol. The number of nitrogens with zero attached hydrogens (tertiary/aromatic N) is 2. The van der Waals surface area contributed by atoms with E-state index >= 15 is 0 Å². The number of hydrogen-bond donors (Lipinski definition) is 1. The van der Waals surface area contributed by atoms with Crippen molar-refractivity contribution in [1.82, 2.24) is 5.01 Å². The minimum Gasteiger partial charge on any atom is -0.324 e. The van der Waals surface area contributed by atoms with Crippen LogP contribution in [0.3, 0.4) is 0 Å². The first-order chi connectivity index (χ1) is 17.3. The van der Waals surface area contributed by atoms with Gasteiger partial charge < -0.3 is 5.32 Å². The minimum atomic E-state index is -4.62. The SMILES string of the molecule is CC1(c2ccccc2)CN(CC(=O)Nc2cccc(C(F)(F)F)c2)N=C1c1ccc(C(F)(F)F)c(Cl)c1. The summed E-state index contributed by atoms with van der Waals surface area (Å²) in [5, 5.41) is 7.91. The smallest absolute Gasteiger partial charge is 0.324 e. The summed E-state index contributed by atoms with van der Waals surface area (Å²) in [4.78, 5) is 12.7. The van der Waals surface area contributed by atoms with Crippen LogP contribution in [0.15, 0.2) is 77.9 Å². The molecule has 0 fully saturated rings. The summed E-state index contributed by atoms with van der Waals surface area (Å²) < 4.78 is 78.6. The highest BCUT2D eigenvalue weighted by molar-refractivity contribution is 6.32. The monoisotopic (exact) mass is 539 g/mol. The van der Waals surface area contributed by atoms with Gasteiger partial charge in [0.1, 0.15) is 6.54 Å². The zero-order chi connectivity index (χ0) is 27.0. The number of alkyl halides is 6. The molecular formula is C26H20ClF6N3O. The van der Waals surface area contributed by atoms with Crippen LogP contribution in [0.5, 0.6) is 0 Å². The Kier molecular flexibility index (Phi) is 6.98. The average molecular weight is 540 g/mol. The Morgan fingerprint density at radius 1 is 0.973 bits per heavy atom. The highest BCUT2D eigenvalue weighted by Gasteiger charge is 2.42. The largest absolute Gasteiger partial charge is 0.417 e. The van der Waals surface area contributed by atoms with Gasteiger partial charge in [0, 0.05) is 11.3 Å². The number of hydrazone groups is 1. The van der Waals surface area contributed by atoms with Gasteiger partial charge in [-0.15, -0.1) is 0 Å². The van der Waals surface area contributed by atoms with Crippen molar-refractivity contribution in [2.75, 3.05) is 18.4 Å². The summed E-state index contributed by atoms with van der Waals surface area (Å²) in [5.74, 6) is -0.606. The first kappa shape index (κ1) is 26.5. The van der Waals surface area contributed by atoms with Crippen LogP contribution in [0.2, 0.25) is 5.02 Å². The Bertz CT molecular complexity index is 1340. The fourth-order valence-corrected chi connectivity index (χ4v) is 4.55. The highest BCUT2D eigenvalue weighted by Crippen LogP contribution is 2.39. The molecule has 3 aromatic rings. The van der Waals surface area contributed by atoms with Crippen molar-refractivity contribution in [3.63, 3.8) is 0 Å². The summed E-state index contributed by atoms with van der Waals surface area (Å²) >= 11 is 5.95. The van der Waals surface area contributed by atoms with Crippen LogP contribution in [0.25, 0.3) is 0 Å². The van der Waals surface area contributed by atoms with Gasteiger partial charge in [-0.3, -0.25) is 9.80 Å². The fraction of sp³-hybridized carbons (Fsp3) is 0.231. The molecule has 1 amide bonds. The van der Waals surface area contributed by atoms with Crippen LogP contribution in [0.4, 0.5) is 32.0 Å². The summed E-state index contributed by atoms with van der Waals surface area (Å²) in [6.07, 6.45) is -9.18. The number of halogens is 7. The Labute approximate surface area is 213 Å². The first-order valence-electron chi connectivity index (χ1n) is 11.0.